The first-order valence-corrected chi connectivity index (χ1v) is 7.73. The number of carbonyl (C=O) groups is 1. The third-order valence-corrected chi connectivity index (χ3v) is 4.09. The van der Waals surface area contributed by atoms with Crippen LogP contribution in [0.5, 0.6) is 0 Å². The fourth-order valence-corrected chi connectivity index (χ4v) is 2.61. The Kier molecular flexibility index (Phi) is 4.44. The number of halogens is 1. The van der Waals surface area contributed by atoms with Crippen molar-refractivity contribution in [2.24, 2.45) is 0 Å². The lowest BCUT2D eigenvalue weighted by atomic mass is 9.93. The van der Waals surface area contributed by atoms with Crippen LogP contribution < -0.4 is 0 Å². The van der Waals surface area contributed by atoms with Crippen LogP contribution in [0.15, 0.2) is 18.2 Å². The average molecular weight is 310 g/mol. The Morgan fingerprint density at radius 3 is 2.83 bits per heavy atom. The van der Waals surface area contributed by atoms with Crippen molar-refractivity contribution >= 4 is 21.8 Å². The maximum absolute atomic E-state index is 12.4. The van der Waals surface area contributed by atoms with Crippen molar-refractivity contribution < 1.29 is 4.79 Å². The van der Waals surface area contributed by atoms with Gasteiger partial charge in [-0.3, -0.25) is 4.79 Å². The quantitative estimate of drug-likeness (QED) is 0.778. The topological polar surface area (TPSA) is 20.3 Å². The van der Waals surface area contributed by atoms with Crippen LogP contribution in [0.4, 0.5) is 0 Å². The molecule has 0 N–H and O–H groups in total. The van der Waals surface area contributed by atoms with E-state index in [4.69, 9.17) is 0 Å². The van der Waals surface area contributed by atoms with Gasteiger partial charge in [0.2, 0.25) is 0 Å². The van der Waals surface area contributed by atoms with E-state index in [1.165, 1.54) is 11.1 Å². The van der Waals surface area contributed by atoms with Crippen molar-refractivity contribution in [3.8, 4) is 0 Å². The zero-order chi connectivity index (χ0) is 13.1. The highest BCUT2D eigenvalue weighted by atomic mass is 79.9. The van der Waals surface area contributed by atoms with Gasteiger partial charge in [-0.15, -0.1) is 0 Å². The van der Waals surface area contributed by atoms with Crippen LogP contribution in [-0.4, -0.2) is 29.2 Å². The molecule has 0 unspecified atom stereocenters. The molecule has 1 heterocycles. The molecule has 0 saturated carbocycles. The maximum Gasteiger partial charge on any atom is 0.254 e. The van der Waals surface area contributed by atoms with Crippen LogP contribution in [0.2, 0.25) is 0 Å². The van der Waals surface area contributed by atoms with Crippen LogP contribution >= 0.6 is 15.9 Å². The van der Waals surface area contributed by atoms with Gasteiger partial charge in [-0.25, -0.2) is 0 Å². The van der Waals surface area contributed by atoms with Crippen LogP contribution in [0.25, 0.3) is 0 Å². The Morgan fingerprint density at radius 2 is 2.17 bits per heavy atom. The van der Waals surface area contributed by atoms with E-state index in [2.05, 4.69) is 48.0 Å². The fourth-order valence-electron chi connectivity index (χ4n) is 2.36. The summed E-state index contributed by atoms with van der Waals surface area (Å²) in [4.78, 5) is 14.4. The van der Waals surface area contributed by atoms with Gasteiger partial charge in [-0.05, 0) is 36.0 Å². The molecular weight excluding hydrogens is 290 g/mol. The number of carbonyl (C=O) groups excluding carboxylic acids is 1. The molecule has 0 aliphatic carbocycles. The summed E-state index contributed by atoms with van der Waals surface area (Å²) >= 11 is 3.42. The summed E-state index contributed by atoms with van der Waals surface area (Å²) in [6.45, 7) is 6.05. The Bertz CT molecular complexity index is 442. The lowest BCUT2D eigenvalue weighted by Gasteiger charge is -2.29. The molecule has 0 spiro atoms. The van der Waals surface area contributed by atoms with Crippen molar-refractivity contribution in [1.29, 1.82) is 0 Å². The minimum atomic E-state index is 0.208. The second-order valence-corrected chi connectivity index (χ2v) is 5.95. The van der Waals surface area contributed by atoms with E-state index >= 15 is 0 Å². The molecule has 1 aliphatic heterocycles. The summed E-state index contributed by atoms with van der Waals surface area (Å²) in [5.41, 5.74) is 3.38. The molecule has 0 bridgehead atoms. The lowest BCUT2D eigenvalue weighted by molar-refractivity contribution is 0.0740. The summed E-state index contributed by atoms with van der Waals surface area (Å²) in [5.74, 6) is 0.681. The predicted molar refractivity (Wildman–Crippen MR) is 78.5 cm³/mol. The summed E-state index contributed by atoms with van der Waals surface area (Å²) in [6, 6.07) is 6.37. The van der Waals surface area contributed by atoms with Gasteiger partial charge in [0.15, 0.2) is 0 Å². The third kappa shape index (κ3) is 2.77. The zero-order valence-corrected chi connectivity index (χ0v) is 12.7. The Hall–Kier alpha value is -0.830. The molecule has 3 heteroatoms. The second kappa shape index (κ2) is 5.87. The summed E-state index contributed by atoms with van der Waals surface area (Å²) < 4.78 is 0. The molecule has 0 aromatic heterocycles. The highest BCUT2D eigenvalue weighted by Gasteiger charge is 2.24. The number of amides is 1. The van der Waals surface area contributed by atoms with E-state index in [0.717, 1.165) is 36.8 Å². The molecule has 0 atom stereocenters. The van der Waals surface area contributed by atoms with Crippen LogP contribution in [0.1, 0.15) is 47.7 Å². The molecule has 2 nitrogen and oxygen atoms in total. The highest BCUT2D eigenvalue weighted by molar-refractivity contribution is 9.09. The molecule has 0 fully saturated rings. The van der Waals surface area contributed by atoms with E-state index in [1.807, 2.05) is 4.90 Å². The molecule has 0 radical (unpaired) electrons. The van der Waals surface area contributed by atoms with Crippen LogP contribution in [0, 0.1) is 0 Å². The van der Waals surface area contributed by atoms with Crippen LogP contribution in [-0.2, 0) is 6.42 Å². The molecule has 1 aromatic carbocycles. The number of rotatable bonds is 4. The number of hydrogen-bond acceptors (Lipinski definition) is 1. The number of alkyl halides is 1. The standard InChI is InChI=1S/C15H20BrNO/c1-11(2)13-5-4-12-6-9-17(8-3-7-16)15(18)14(12)10-13/h4-5,10-11H,3,6-9H2,1-2H3. The molecule has 1 aromatic rings. The highest BCUT2D eigenvalue weighted by Crippen LogP contribution is 2.24. The first-order valence-electron chi connectivity index (χ1n) is 6.61. The predicted octanol–water partition coefficient (Wildman–Crippen LogP) is 3.59. The smallest absolute Gasteiger partial charge is 0.254 e. The molecule has 18 heavy (non-hydrogen) atoms. The summed E-state index contributed by atoms with van der Waals surface area (Å²) in [5, 5.41) is 0.954. The summed E-state index contributed by atoms with van der Waals surface area (Å²) in [6.07, 6.45) is 2.01. The Balaban J connectivity index is 2.24. The van der Waals surface area contributed by atoms with Crippen LogP contribution in [0.3, 0.4) is 0 Å². The second-order valence-electron chi connectivity index (χ2n) is 5.16. The molecule has 1 aliphatic rings. The molecule has 0 saturated heterocycles. The van der Waals surface area contributed by atoms with Gasteiger partial charge >= 0.3 is 0 Å². The minimum absolute atomic E-state index is 0.208. The van der Waals surface area contributed by atoms with Gasteiger partial charge in [-0.1, -0.05) is 41.9 Å². The largest absolute Gasteiger partial charge is 0.338 e. The zero-order valence-electron chi connectivity index (χ0n) is 11.1. The van der Waals surface area contributed by atoms with Gasteiger partial charge < -0.3 is 4.90 Å². The average Bonchev–Trinajstić information content (AvgIpc) is 2.37. The first-order chi connectivity index (χ1) is 8.63. The van der Waals surface area contributed by atoms with Crippen molar-refractivity contribution in [3.05, 3.63) is 34.9 Å². The monoisotopic (exact) mass is 309 g/mol. The SMILES string of the molecule is CC(C)c1ccc2c(c1)C(=O)N(CCCBr)CC2. The Morgan fingerprint density at radius 1 is 1.39 bits per heavy atom. The normalized spacial score (nSPS) is 15.1. The van der Waals surface area contributed by atoms with Gasteiger partial charge in [0, 0.05) is 24.0 Å². The fraction of sp³-hybridized carbons (Fsp3) is 0.533. The number of fused-ring (bicyclic) bond motifs is 1. The summed E-state index contributed by atoms with van der Waals surface area (Å²) in [7, 11) is 0. The lowest BCUT2D eigenvalue weighted by Crippen LogP contribution is -2.38. The van der Waals surface area contributed by atoms with Gasteiger partial charge in [-0.2, -0.15) is 0 Å². The van der Waals surface area contributed by atoms with Crippen molar-refractivity contribution in [2.75, 3.05) is 18.4 Å². The van der Waals surface area contributed by atoms with Gasteiger partial charge in [0.05, 0.1) is 0 Å². The minimum Gasteiger partial charge on any atom is -0.338 e. The number of nitrogens with zero attached hydrogens (tertiary/aromatic N) is 1. The molecule has 2 rings (SSSR count). The van der Waals surface area contributed by atoms with E-state index in [-0.39, 0.29) is 5.91 Å². The number of hydrogen-bond donors (Lipinski definition) is 0. The van der Waals surface area contributed by atoms with Gasteiger partial charge in [0.25, 0.3) is 5.91 Å². The Labute approximate surface area is 117 Å². The van der Waals surface area contributed by atoms with E-state index in [1.54, 1.807) is 0 Å². The maximum atomic E-state index is 12.4. The van der Waals surface area contributed by atoms with Crippen molar-refractivity contribution in [1.82, 2.24) is 4.90 Å². The molecule has 1 amide bonds. The first kappa shape index (κ1) is 13.6. The van der Waals surface area contributed by atoms with E-state index in [9.17, 15) is 4.79 Å². The third-order valence-electron chi connectivity index (χ3n) is 3.53. The number of benzene rings is 1. The van der Waals surface area contributed by atoms with Crippen molar-refractivity contribution in [3.63, 3.8) is 0 Å². The van der Waals surface area contributed by atoms with E-state index < -0.39 is 0 Å². The van der Waals surface area contributed by atoms with Gasteiger partial charge in [0.1, 0.15) is 0 Å². The van der Waals surface area contributed by atoms with Crippen molar-refractivity contribution in [2.45, 2.75) is 32.6 Å². The molecule has 98 valence electrons. The van der Waals surface area contributed by atoms with E-state index in [0.29, 0.717) is 5.92 Å². The molecular formula is C15H20BrNO.